The van der Waals surface area contributed by atoms with Crippen LogP contribution in [0.2, 0.25) is 0 Å². The molecule has 2 heterocycles. The molecule has 0 aliphatic carbocycles. The minimum atomic E-state index is -1.58. The fourth-order valence-electron chi connectivity index (χ4n) is 4.59. The molecule has 9 N–H and O–H groups in total. The monoisotopic (exact) mass is 599 g/mol. The van der Waals surface area contributed by atoms with Crippen LogP contribution in [0.1, 0.15) is 46.5 Å². The molecule has 0 saturated carbocycles. The zero-order valence-corrected chi connectivity index (χ0v) is 23.8. The average molecular weight is 600 g/mol. The number of hydrogen-bond donors (Lipinski definition) is 9. The van der Waals surface area contributed by atoms with Crippen LogP contribution >= 0.6 is 0 Å². The molecular weight excluding hydrogens is 558 g/mol. The van der Waals surface area contributed by atoms with E-state index in [1.54, 1.807) is 0 Å². The van der Waals surface area contributed by atoms with Crippen LogP contribution < -0.4 is 31.9 Å². The van der Waals surface area contributed by atoms with E-state index in [1.165, 1.54) is 25.7 Å². The average Bonchev–Trinajstić information content (AvgIpc) is 3.65. The highest BCUT2D eigenvalue weighted by Gasteiger charge is 2.38. The summed E-state index contributed by atoms with van der Waals surface area (Å²) in [5.74, 6) is -5.60. The van der Waals surface area contributed by atoms with Crippen LogP contribution in [0.5, 0.6) is 0 Å². The molecule has 0 bridgehead atoms. The molecule has 0 radical (unpaired) electrons. The standard InChI is InChI=1S/C25H41N7O10/c1-12(24(40)32-9-5-7-17(32)22(38)29-13(2)25(41)42)28-23(39)19(14(3)34)31-21(37)16(11-33)30-18(35)10-27-20(36)15-6-4-8-26-15/h12-17,19,26,33-34H,4-11H2,1-3H3,(H,27,36)(H,28,39)(H,29,38)(H,30,35)(H,31,37)(H,41,42)/t12-,13-,14+,15-,16-,17-,19-/m0/s1. The Hall–Kier alpha value is -3.83. The molecule has 2 aliphatic rings. The van der Waals surface area contributed by atoms with E-state index in [0.717, 1.165) is 6.42 Å². The van der Waals surface area contributed by atoms with Gasteiger partial charge in [0.25, 0.3) is 0 Å². The summed E-state index contributed by atoms with van der Waals surface area (Å²) in [6, 6.07) is -6.79. The predicted molar refractivity (Wildman–Crippen MR) is 144 cm³/mol. The molecule has 2 fully saturated rings. The van der Waals surface area contributed by atoms with Crippen molar-refractivity contribution in [3.8, 4) is 0 Å². The lowest BCUT2D eigenvalue weighted by atomic mass is 10.1. The second-order valence-corrected chi connectivity index (χ2v) is 10.4. The lowest BCUT2D eigenvalue weighted by Crippen LogP contribution is -2.61. The Bertz CT molecular complexity index is 1030. The van der Waals surface area contributed by atoms with E-state index in [9.17, 15) is 43.8 Å². The molecule has 2 rings (SSSR count). The van der Waals surface area contributed by atoms with Crippen LogP contribution in [0.4, 0.5) is 0 Å². The van der Waals surface area contributed by atoms with Gasteiger partial charge in [0.15, 0.2) is 0 Å². The predicted octanol–water partition coefficient (Wildman–Crippen LogP) is -4.72. The van der Waals surface area contributed by atoms with Crippen molar-refractivity contribution in [2.45, 2.75) is 88.8 Å². The van der Waals surface area contributed by atoms with Crippen LogP contribution in [0, 0.1) is 0 Å². The maximum absolute atomic E-state index is 13.0. The highest BCUT2D eigenvalue weighted by Crippen LogP contribution is 2.19. The van der Waals surface area contributed by atoms with Crippen molar-refractivity contribution in [3.63, 3.8) is 0 Å². The normalized spacial score (nSPS) is 21.7. The van der Waals surface area contributed by atoms with Gasteiger partial charge in [-0.25, -0.2) is 0 Å². The lowest BCUT2D eigenvalue weighted by Gasteiger charge is -2.29. The van der Waals surface area contributed by atoms with Gasteiger partial charge in [0.1, 0.15) is 30.2 Å². The topological polar surface area (TPSA) is 256 Å². The van der Waals surface area contributed by atoms with Gasteiger partial charge in [-0.05, 0) is 53.0 Å². The van der Waals surface area contributed by atoms with Crippen LogP contribution in [0.15, 0.2) is 0 Å². The number of carbonyl (C=O) groups excluding carboxylic acids is 6. The van der Waals surface area contributed by atoms with Gasteiger partial charge in [-0.1, -0.05) is 0 Å². The summed E-state index contributed by atoms with van der Waals surface area (Å²) in [6.45, 7) is 3.43. The van der Waals surface area contributed by atoms with Crippen molar-refractivity contribution >= 4 is 41.4 Å². The highest BCUT2D eigenvalue weighted by atomic mass is 16.4. The summed E-state index contributed by atoms with van der Waals surface area (Å²) < 4.78 is 0. The van der Waals surface area contributed by atoms with E-state index in [0.29, 0.717) is 25.8 Å². The molecule has 0 spiro atoms. The van der Waals surface area contributed by atoms with Crippen molar-refractivity contribution in [2.24, 2.45) is 0 Å². The summed E-state index contributed by atoms with van der Waals surface area (Å²) in [5, 5.41) is 43.4. The second kappa shape index (κ2) is 16.0. The molecule has 17 heteroatoms. The van der Waals surface area contributed by atoms with Gasteiger partial charge in [0.05, 0.1) is 25.3 Å². The first-order valence-corrected chi connectivity index (χ1v) is 13.8. The molecule has 236 valence electrons. The van der Waals surface area contributed by atoms with E-state index in [1.807, 2.05) is 0 Å². The fraction of sp³-hybridized carbons (Fsp3) is 0.720. The Kier molecular flexibility index (Phi) is 13.1. The van der Waals surface area contributed by atoms with Gasteiger partial charge in [-0.3, -0.25) is 33.6 Å². The van der Waals surface area contributed by atoms with Gasteiger partial charge in [-0.2, -0.15) is 0 Å². The zero-order valence-electron chi connectivity index (χ0n) is 23.8. The molecule has 0 unspecified atom stereocenters. The molecule has 17 nitrogen and oxygen atoms in total. The molecule has 0 aromatic carbocycles. The van der Waals surface area contributed by atoms with Crippen LogP contribution in [-0.4, -0.2) is 130 Å². The fourth-order valence-corrected chi connectivity index (χ4v) is 4.59. The lowest BCUT2D eigenvalue weighted by molar-refractivity contribution is -0.144. The Morgan fingerprint density at radius 3 is 2.14 bits per heavy atom. The molecule has 0 aromatic heterocycles. The quantitative estimate of drug-likeness (QED) is 0.0916. The number of carboxylic acids is 1. The highest BCUT2D eigenvalue weighted by molar-refractivity contribution is 5.96. The minimum Gasteiger partial charge on any atom is -0.480 e. The molecular formula is C25H41N7O10. The number of hydrogen-bond acceptors (Lipinski definition) is 10. The van der Waals surface area contributed by atoms with Crippen molar-refractivity contribution < 1.29 is 48.9 Å². The second-order valence-electron chi connectivity index (χ2n) is 10.4. The van der Waals surface area contributed by atoms with Crippen molar-refractivity contribution in [1.82, 2.24) is 36.8 Å². The SMILES string of the molecule is C[C@H](NC(=O)[C@@H]1CCCN1C(=O)[C@H](C)NC(=O)[C@@H](NC(=O)[C@H](CO)NC(=O)CNC(=O)[C@@H]1CCCN1)[C@@H](C)O)C(=O)O. The van der Waals surface area contributed by atoms with Crippen molar-refractivity contribution in [3.05, 3.63) is 0 Å². The molecule has 0 aromatic rings. The number of likely N-dealkylation sites (tertiary alicyclic amines) is 1. The maximum atomic E-state index is 13.0. The van der Waals surface area contributed by atoms with Gasteiger partial charge >= 0.3 is 5.97 Å². The van der Waals surface area contributed by atoms with Crippen LogP contribution in [-0.2, 0) is 33.6 Å². The van der Waals surface area contributed by atoms with E-state index >= 15 is 0 Å². The first-order chi connectivity index (χ1) is 19.8. The molecule has 2 saturated heterocycles. The maximum Gasteiger partial charge on any atom is 0.325 e. The third kappa shape index (κ3) is 9.63. The number of amides is 6. The van der Waals surface area contributed by atoms with Crippen molar-refractivity contribution in [1.29, 1.82) is 0 Å². The first-order valence-electron chi connectivity index (χ1n) is 13.8. The van der Waals surface area contributed by atoms with Gasteiger partial charge < -0.3 is 52.1 Å². The number of rotatable bonds is 14. The number of aliphatic carboxylic acids is 1. The minimum absolute atomic E-state index is 0.199. The Morgan fingerprint density at radius 2 is 1.57 bits per heavy atom. The van der Waals surface area contributed by atoms with E-state index < -0.39 is 91.0 Å². The van der Waals surface area contributed by atoms with E-state index in [-0.39, 0.29) is 12.5 Å². The summed E-state index contributed by atoms with van der Waals surface area (Å²) in [5.41, 5.74) is 0. The number of aliphatic hydroxyl groups is 2. The summed E-state index contributed by atoms with van der Waals surface area (Å²) in [6.07, 6.45) is 0.779. The van der Waals surface area contributed by atoms with Crippen LogP contribution in [0.3, 0.4) is 0 Å². The zero-order chi connectivity index (χ0) is 31.6. The molecule has 42 heavy (non-hydrogen) atoms. The molecule has 7 atom stereocenters. The number of nitrogens with one attached hydrogen (secondary N) is 6. The summed E-state index contributed by atoms with van der Waals surface area (Å²) in [7, 11) is 0. The summed E-state index contributed by atoms with van der Waals surface area (Å²) >= 11 is 0. The van der Waals surface area contributed by atoms with E-state index in [4.69, 9.17) is 5.11 Å². The molecule has 6 amide bonds. The van der Waals surface area contributed by atoms with Gasteiger partial charge in [0.2, 0.25) is 35.4 Å². The third-order valence-corrected chi connectivity index (χ3v) is 6.99. The number of carbonyl (C=O) groups is 7. The number of aliphatic hydroxyl groups excluding tert-OH is 2. The Morgan fingerprint density at radius 1 is 0.881 bits per heavy atom. The number of carboxylic acid groups (broad SMARTS) is 1. The summed E-state index contributed by atoms with van der Waals surface area (Å²) in [4.78, 5) is 87.8. The van der Waals surface area contributed by atoms with Gasteiger partial charge in [0, 0.05) is 6.54 Å². The largest absolute Gasteiger partial charge is 0.480 e. The number of nitrogens with zero attached hydrogens (tertiary/aromatic N) is 1. The molecule has 2 aliphatic heterocycles. The smallest absolute Gasteiger partial charge is 0.325 e. The van der Waals surface area contributed by atoms with E-state index in [2.05, 4.69) is 31.9 Å². The third-order valence-electron chi connectivity index (χ3n) is 6.99. The van der Waals surface area contributed by atoms with Gasteiger partial charge in [-0.15, -0.1) is 0 Å². The Balaban J connectivity index is 1.93. The van der Waals surface area contributed by atoms with Crippen LogP contribution in [0.25, 0.3) is 0 Å². The first kappa shape index (κ1) is 34.4. The Labute approximate surface area is 242 Å². The van der Waals surface area contributed by atoms with Crippen molar-refractivity contribution in [2.75, 3.05) is 26.2 Å².